The quantitative estimate of drug-likeness (QED) is 0.0962. The molecule has 0 spiro atoms. The number of phenols is 1. The summed E-state index contributed by atoms with van der Waals surface area (Å²) in [6, 6.07) is 81.5. The molecule has 0 amide bonds. The van der Waals surface area contributed by atoms with Crippen LogP contribution in [0.15, 0.2) is 337 Å². The number of aromatic hydroxyl groups is 1. The lowest BCUT2D eigenvalue weighted by molar-refractivity contribution is 0.414. The van der Waals surface area contributed by atoms with Crippen molar-refractivity contribution < 1.29 is 24.6 Å². The van der Waals surface area contributed by atoms with Crippen LogP contribution in [0.5, 0.6) is 17.2 Å². The average molecular weight is 1710 g/mol. The van der Waals surface area contributed by atoms with Crippen LogP contribution in [-0.2, 0) is 6.42 Å². The Morgan fingerprint density at radius 2 is 0.804 bits per heavy atom. The van der Waals surface area contributed by atoms with Gasteiger partial charge in [0.1, 0.15) is 39.2 Å². The second-order valence-corrected chi connectivity index (χ2v) is 27.0. The van der Waals surface area contributed by atoms with Crippen LogP contribution in [0.3, 0.4) is 0 Å². The van der Waals surface area contributed by atoms with Gasteiger partial charge in [-0.15, -0.1) is 17.0 Å². The smallest absolute Gasteiger partial charge is 0.490 e. The molecule has 0 saturated carbocycles. The van der Waals surface area contributed by atoms with Gasteiger partial charge < -0.3 is 24.6 Å². The van der Waals surface area contributed by atoms with Crippen molar-refractivity contribution in [2.75, 3.05) is 14.2 Å². The maximum atomic E-state index is 9.98. The topological polar surface area (TPSA) is 192 Å². The third-order valence-electron chi connectivity index (χ3n) is 16.7. The van der Waals surface area contributed by atoms with Gasteiger partial charge in [-0.05, 0) is 184 Å². The number of hydrogen-bond acceptors (Lipinski definition) is 13. The first-order valence-electron chi connectivity index (χ1n) is 33.0. The van der Waals surface area contributed by atoms with E-state index in [0.717, 1.165) is 109 Å². The van der Waals surface area contributed by atoms with Gasteiger partial charge in [0.15, 0.2) is 0 Å². The van der Waals surface area contributed by atoms with Crippen molar-refractivity contribution in [1.82, 2.24) is 49.0 Å². The summed E-state index contributed by atoms with van der Waals surface area (Å²) >= 11 is 21.0. The standard InChI is InChI=1S/C23H17N3O.C22H15N3O.C14H12O.C10H7ClN2.C6H4Br2.C5H5BClNO2.C5H4BrN.BrH/c1-27-18-9-10-20-19-6-2-3-7-21(19)26(22(20)13-18)23-11-8-17(15-25-23)16-5-4-12-24-14-16;26-17-8-9-19-18-5-1-2-6-20(18)25(21(19)12-17)22-10-7-16(14-24-22)15-4-3-11-23-13-15;1-15-12-6-7-14-11(9-12)8-10-4-2-3-5-13(10)14;11-10-4-3-9(7-13-10)8-2-1-5-12-6-8;7-5-2-1-3-6(8)4-5;7-5-2-1-4(3-8-5)6(9)10;6-5-2-1-3-7-4-5;/h2-15H,1H3;1-14,26H;2-7,9H,8H2,1H3;1-7H;1-4H;1-3,9-10H;1-4H;1H. The second-order valence-electron chi connectivity index (χ2n) is 23.5. The van der Waals surface area contributed by atoms with E-state index in [0.29, 0.717) is 15.8 Å². The van der Waals surface area contributed by atoms with Crippen LogP contribution in [0.2, 0.25) is 10.3 Å². The normalized spacial score (nSPS) is 10.6. The Morgan fingerprint density at radius 3 is 1.25 bits per heavy atom. The fourth-order valence-corrected chi connectivity index (χ4v) is 13.2. The van der Waals surface area contributed by atoms with Gasteiger partial charge in [-0.1, -0.05) is 152 Å². The predicted molar refractivity (Wildman–Crippen MR) is 449 cm³/mol. The van der Waals surface area contributed by atoms with Crippen LogP contribution >= 0.6 is 88.0 Å². The summed E-state index contributed by atoms with van der Waals surface area (Å²) < 4.78 is 18.2. The third-order valence-corrected chi connectivity index (χ3v) is 18.6. The Balaban J connectivity index is 0.000000131. The Kier molecular flexibility index (Phi) is 27.4. The maximum Gasteiger partial charge on any atom is 0.490 e. The SMILES string of the molecule is Br.Brc1cccc(Br)c1.Brc1cccnc1.COc1ccc2c(c1)Cc1ccccc1-2.COc1ccc2c3ccccc3n(-c3ccc(-c4cccnc4)cn3)c2c1.Clc1ccc(-c2cccnc2)cn1.OB(O)c1ccc(Cl)nc1.Oc1ccc2c3ccccc3n(-c3ccc(-c4cccnc4)cn3)c2c1. The number of ether oxygens (including phenoxy) is 2. The van der Waals surface area contributed by atoms with Gasteiger partial charge in [0.2, 0.25) is 0 Å². The van der Waals surface area contributed by atoms with Crippen LogP contribution in [-0.4, -0.2) is 85.5 Å². The molecule has 17 aromatic rings. The minimum absolute atomic E-state index is 0. The average Bonchev–Trinajstić information content (AvgIpc) is 1.61. The number of pyridine rings is 8. The predicted octanol–water partition coefficient (Wildman–Crippen LogP) is 21.3. The van der Waals surface area contributed by atoms with Crippen molar-refractivity contribution in [3.05, 3.63) is 358 Å². The van der Waals surface area contributed by atoms with E-state index in [9.17, 15) is 5.11 Å². The Morgan fingerprint density at radius 1 is 0.364 bits per heavy atom. The van der Waals surface area contributed by atoms with E-state index in [1.807, 2.05) is 152 Å². The molecule has 0 aliphatic heterocycles. The summed E-state index contributed by atoms with van der Waals surface area (Å²) in [4.78, 5) is 33.3. The lowest BCUT2D eigenvalue weighted by Gasteiger charge is -2.08. The van der Waals surface area contributed by atoms with Crippen molar-refractivity contribution in [3.8, 4) is 73.4 Å². The van der Waals surface area contributed by atoms with Gasteiger partial charge in [0, 0.05) is 160 Å². The van der Waals surface area contributed by atoms with Crippen LogP contribution in [0, 0.1) is 0 Å². The summed E-state index contributed by atoms with van der Waals surface area (Å²) in [6.45, 7) is 0. The summed E-state index contributed by atoms with van der Waals surface area (Å²) in [6.07, 6.45) is 22.1. The molecule has 10 heterocycles. The van der Waals surface area contributed by atoms with Crippen LogP contribution in [0.4, 0.5) is 0 Å². The third kappa shape index (κ3) is 20.0. The molecule has 1 aliphatic rings. The zero-order chi connectivity index (χ0) is 73.7. The van der Waals surface area contributed by atoms with Gasteiger partial charge in [0.25, 0.3) is 0 Å². The van der Waals surface area contributed by atoms with Crippen LogP contribution in [0.1, 0.15) is 11.1 Å². The molecule has 107 heavy (non-hydrogen) atoms. The van der Waals surface area contributed by atoms with Crippen molar-refractivity contribution in [3.63, 3.8) is 0 Å². The molecule has 0 bridgehead atoms. The molecule has 1 aliphatic carbocycles. The summed E-state index contributed by atoms with van der Waals surface area (Å²) in [5.41, 5.74) is 16.3. The van der Waals surface area contributed by atoms with Crippen molar-refractivity contribution in [1.29, 1.82) is 0 Å². The molecule has 0 fully saturated rings. The van der Waals surface area contributed by atoms with E-state index in [1.165, 1.54) is 51.4 Å². The number of fused-ring (bicyclic) bond motifs is 9. The molecule has 0 radical (unpaired) electrons. The summed E-state index contributed by atoms with van der Waals surface area (Å²) in [5, 5.41) is 32.6. The first-order valence-corrected chi connectivity index (χ1v) is 36.2. The minimum atomic E-state index is -1.47. The number of methoxy groups -OCH3 is 2. The zero-order valence-electron chi connectivity index (χ0n) is 57.3. The number of rotatable bonds is 8. The van der Waals surface area contributed by atoms with Gasteiger partial charge in [-0.2, -0.15) is 0 Å². The number of hydrogen-bond donors (Lipinski definition) is 3. The van der Waals surface area contributed by atoms with Crippen molar-refractivity contribution >= 4 is 144 Å². The molecule has 0 atom stereocenters. The fraction of sp³-hybridized carbons (Fsp3) is 0.0353. The zero-order valence-corrected chi connectivity index (χ0v) is 65.3. The second kappa shape index (κ2) is 38.0. The lowest BCUT2D eigenvalue weighted by atomic mass is 9.82. The van der Waals surface area contributed by atoms with E-state index in [-0.39, 0.29) is 22.7 Å². The van der Waals surface area contributed by atoms with E-state index in [4.69, 9.17) is 47.7 Å². The number of halogens is 6. The number of aromatic nitrogens is 10. The number of nitrogens with zero attached hydrogens (tertiary/aromatic N) is 10. The first-order chi connectivity index (χ1) is 51.8. The maximum absolute atomic E-state index is 9.98. The van der Waals surface area contributed by atoms with Gasteiger partial charge in [-0.3, -0.25) is 29.1 Å². The van der Waals surface area contributed by atoms with E-state index < -0.39 is 7.12 Å². The Hall–Kier alpha value is -10.8. The molecule has 18 rings (SSSR count). The molecular weight excluding hydrogens is 1640 g/mol. The highest BCUT2D eigenvalue weighted by Crippen LogP contribution is 2.39. The number of benzene rings is 7. The largest absolute Gasteiger partial charge is 0.508 e. The van der Waals surface area contributed by atoms with Gasteiger partial charge >= 0.3 is 7.12 Å². The highest BCUT2D eigenvalue weighted by Gasteiger charge is 2.19. The molecule has 530 valence electrons. The molecule has 3 N–H and O–H groups in total. The van der Waals surface area contributed by atoms with E-state index >= 15 is 0 Å². The number of phenolic OH excluding ortho intramolecular Hbond substituents is 1. The minimum Gasteiger partial charge on any atom is -0.508 e. The van der Waals surface area contributed by atoms with Gasteiger partial charge in [0.05, 0.1) is 36.3 Å². The molecule has 7 aromatic carbocycles. The molecule has 15 nitrogen and oxygen atoms in total. The van der Waals surface area contributed by atoms with E-state index in [2.05, 4.69) is 183 Å². The van der Waals surface area contributed by atoms with Crippen molar-refractivity contribution in [2.24, 2.45) is 0 Å². The highest BCUT2D eigenvalue weighted by molar-refractivity contribution is 9.11. The molecule has 0 unspecified atom stereocenters. The molecular formula is C85H65BBr4Cl2N10O5. The Labute approximate surface area is 664 Å². The first kappa shape index (κ1) is 77.3. The number of para-hydroxylation sites is 2. The molecule has 0 saturated heterocycles. The van der Waals surface area contributed by atoms with Crippen LogP contribution < -0.4 is 14.9 Å². The monoisotopic (exact) mass is 1700 g/mol. The highest BCUT2D eigenvalue weighted by atomic mass is 79.9. The molecule has 10 aromatic heterocycles. The lowest BCUT2D eigenvalue weighted by Crippen LogP contribution is -2.29. The Bertz CT molecular complexity index is 5700. The van der Waals surface area contributed by atoms with Gasteiger partial charge in [-0.25, -0.2) is 19.9 Å². The fourth-order valence-electron chi connectivity index (χ4n) is 11.6. The summed E-state index contributed by atoms with van der Waals surface area (Å²) in [7, 11) is 1.93. The van der Waals surface area contributed by atoms with Crippen molar-refractivity contribution in [2.45, 2.75) is 6.42 Å². The van der Waals surface area contributed by atoms with E-state index in [1.54, 1.807) is 75.8 Å². The molecule has 22 heteroatoms. The summed E-state index contributed by atoms with van der Waals surface area (Å²) in [5.74, 6) is 3.71. The van der Waals surface area contributed by atoms with Crippen LogP contribution in [0.25, 0.3) is 99.8 Å².